The van der Waals surface area contributed by atoms with E-state index in [1.807, 2.05) is 36.4 Å². The van der Waals surface area contributed by atoms with Crippen molar-refractivity contribution in [3.05, 3.63) is 51.4 Å². The number of nitrogens with two attached hydrogens (primary N) is 1. The Bertz CT molecular complexity index is 597. The quantitative estimate of drug-likeness (QED) is 0.569. The van der Waals surface area contributed by atoms with Gasteiger partial charge in [0.25, 0.3) is 0 Å². The third kappa shape index (κ3) is 4.26. The maximum absolute atomic E-state index is 12.0. The molecule has 0 aromatic heterocycles. The van der Waals surface area contributed by atoms with E-state index in [2.05, 4.69) is 37.2 Å². The molecule has 0 saturated carbocycles. The number of amides is 1. The largest absolute Gasteiger partial charge is 0.397 e. The average Bonchev–Trinajstić information content (AvgIpc) is 2.42. The first-order valence-corrected chi connectivity index (χ1v) is 8.35. The van der Waals surface area contributed by atoms with Crippen molar-refractivity contribution < 1.29 is 4.79 Å². The van der Waals surface area contributed by atoms with Gasteiger partial charge >= 0.3 is 0 Å². The molecule has 6 heteroatoms. The first-order chi connectivity index (χ1) is 9.56. The number of carbonyl (C=O) groups is 1. The van der Waals surface area contributed by atoms with E-state index in [9.17, 15) is 4.79 Å². The van der Waals surface area contributed by atoms with Gasteiger partial charge in [-0.3, -0.25) is 4.79 Å². The summed E-state index contributed by atoms with van der Waals surface area (Å²) in [6.07, 6.45) is 0. The smallest absolute Gasteiger partial charge is 0.234 e. The molecule has 0 aliphatic heterocycles. The second-order valence-electron chi connectivity index (χ2n) is 4.00. The number of anilines is 2. The van der Waals surface area contributed by atoms with Gasteiger partial charge in [-0.1, -0.05) is 34.1 Å². The lowest BCUT2D eigenvalue weighted by atomic mass is 10.2. The van der Waals surface area contributed by atoms with Crippen LogP contribution in [-0.2, 0) is 4.79 Å². The van der Waals surface area contributed by atoms with Crippen LogP contribution in [0, 0.1) is 0 Å². The van der Waals surface area contributed by atoms with Crippen LogP contribution in [0.5, 0.6) is 0 Å². The molecule has 0 saturated heterocycles. The summed E-state index contributed by atoms with van der Waals surface area (Å²) in [5.74, 6) is 0.250. The van der Waals surface area contributed by atoms with Crippen LogP contribution in [0.4, 0.5) is 11.4 Å². The molecule has 1 amide bonds. The van der Waals surface area contributed by atoms with Gasteiger partial charge in [0.15, 0.2) is 0 Å². The fourth-order valence-electron chi connectivity index (χ4n) is 1.57. The van der Waals surface area contributed by atoms with Crippen molar-refractivity contribution in [1.29, 1.82) is 0 Å². The number of nitrogens with one attached hydrogen (secondary N) is 1. The Morgan fingerprint density at radius 2 is 1.90 bits per heavy atom. The molecular weight excluding hydrogens is 404 g/mol. The molecule has 2 rings (SSSR count). The Balaban J connectivity index is 1.98. The molecular formula is C14H12Br2N2OS. The molecule has 0 heterocycles. The Kier molecular flexibility index (Phi) is 5.51. The summed E-state index contributed by atoms with van der Waals surface area (Å²) in [5, 5.41) is 2.82. The number of thioether (sulfide) groups is 1. The normalized spacial score (nSPS) is 10.3. The van der Waals surface area contributed by atoms with Crippen molar-refractivity contribution in [1.82, 2.24) is 0 Å². The van der Waals surface area contributed by atoms with Crippen LogP contribution < -0.4 is 11.1 Å². The molecule has 0 aliphatic rings. The van der Waals surface area contributed by atoms with Gasteiger partial charge in [-0.15, -0.1) is 11.8 Å². The number of benzene rings is 2. The highest BCUT2D eigenvalue weighted by Crippen LogP contribution is 2.32. The van der Waals surface area contributed by atoms with Crippen molar-refractivity contribution in [2.24, 2.45) is 0 Å². The summed E-state index contributed by atoms with van der Waals surface area (Å²) in [6, 6.07) is 13.4. The Hall–Kier alpha value is -0.980. The molecule has 2 aromatic carbocycles. The van der Waals surface area contributed by atoms with Crippen molar-refractivity contribution in [2.45, 2.75) is 4.90 Å². The summed E-state index contributed by atoms with van der Waals surface area (Å²) >= 11 is 8.22. The summed E-state index contributed by atoms with van der Waals surface area (Å²) in [7, 11) is 0. The molecule has 0 spiro atoms. The molecule has 0 radical (unpaired) electrons. The molecule has 3 N–H and O–H groups in total. The Labute approximate surface area is 138 Å². The number of hydrogen-bond acceptors (Lipinski definition) is 3. The van der Waals surface area contributed by atoms with Crippen LogP contribution in [0.1, 0.15) is 0 Å². The van der Waals surface area contributed by atoms with E-state index in [0.717, 1.165) is 13.8 Å². The summed E-state index contributed by atoms with van der Waals surface area (Å²) in [6.45, 7) is 0. The predicted octanol–water partition coefficient (Wildman–Crippen LogP) is 4.52. The number of carbonyl (C=O) groups excluding carboxylic acids is 1. The van der Waals surface area contributed by atoms with Crippen molar-refractivity contribution >= 4 is 60.9 Å². The second-order valence-corrected chi connectivity index (χ2v) is 6.82. The van der Waals surface area contributed by atoms with Crippen LogP contribution in [0.2, 0.25) is 0 Å². The van der Waals surface area contributed by atoms with Crippen LogP contribution in [0.15, 0.2) is 56.3 Å². The Morgan fingerprint density at radius 1 is 1.20 bits per heavy atom. The van der Waals surface area contributed by atoms with Gasteiger partial charge in [-0.2, -0.15) is 0 Å². The zero-order valence-corrected chi connectivity index (χ0v) is 14.4. The highest BCUT2D eigenvalue weighted by Gasteiger charge is 2.10. The molecule has 0 aliphatic carbocycles. The Morgan fingerprint density at radius 3 is 2.55 bits per heavy atom. The first-order valence-electron chi connectivity index (χ1n) is 5.78. The molecule has 0 unspecified atom stereocenters. The van der Waals surface area contributed by atoms with Crippen LogP contribution in [-0.4, -0.2) is 11.7 Å². The zero-order valence-electron chi connectivity index (χ0n) is 10.4. The van der Waals surface area contributed by atoms with Crippen molar-refractivity contribution in [3.8, 4) is 0 Å². The van der Waals surface area contributed by atoms with E-state index < -0.39 is 0 Å². The first kappa shape index (κ1) is 15.4. The third-order valence-electron chi connectivity index (χ3n) is 2.46. The average molecular weight is 416 g/mol. The number of nitrogen functional groups attached to an aromatic ring is 1. The topological polar surface area (TPSA) is 55.1 Å². The van der Waals surface area contributed by atoms with E-state index >= 15 is 0 Å². The molecule has 0 atom stereocenters. The highest BCUT2D eigenvalue weighted by atomic mass is 79.9. The molecule has 0 bridgehead atoms. The maximum Gasteiger partial charge on any atom is 0.234 e. The molecule has 3 nitrogen and oxygen atoms in total. The van der Waals surface area contributed by atoms with Gasteiger partial charge in [0.05, 0.1) is 17.1 Å². The fraction of sp³-hybridized carbons (Fsp3) is 0.0714. The molecule has 104 valence electrons. The van der Waals surface area contributed by atoms with Crippen LogP contribution in [0.3, 0.4) is 0 Å². The van der Waals surface area contributed by atoms with E-state index in [1.54, 1.807) is 6.07 Å². The van der Waals surface area contributed by atoms with E-state index in [4.69, 9.17) is 5.73 Å². The molecule has 2 aromatic rings. The zero-order chi connectivity index (χ0) is 14.5. The van der Waals surface area contributed by atoms with Crippen LogP contribution in [0.25, 0.3) is 0 Å². The maximum atomic E-state index is 12.0. The minimum atomic E-state index is -0.0893. The van der Waals surface area contributed by atoms with E-state index in [-0.39, 0.29) is 5.91 Å². The SMILES string of the molecule is Nc1cc(Br)cc(Br)c1NC(=O)CSc1ccccc1. The number of halogens is 2. The number of hydrogen-bond donors (Lipinski definition) is 2. The highest BCUT2D eigenvalue weighted by molar-refractivity contribution is 9.11. The summed E-state index contributed by atoms with van der Waals surface area (Å²) < 4.78 is 1.61. The van der Waals surface area contributed by atoms with E-state index in [1.165, 1.54) is 11.8 Å². The summed E-state index contributed by atoms with van der Waals surface area (Å²) in [5.41, 5.74) is 7.02. The molecule has 0 fully saturated rings. The van der Waals surface area contributed by atoms with Gasteiger partial charge < -0.3 is 11.1 Å². The molecule has 20 heavy (non-hydrogen) atoms. The van der Waals surface area contributed by atoms with Gasteiger partial charge in [-0.25, -0.2) is 0 Å². The van der Waals surface area contributed by atoms with E-state index in [0.29, 0.717) is 17.1 Å². The third-order valence-corrected chi connectivity index (χ3v) is 4.56. The lowest BCUT2D eigenvalue weighted by Gasteiger charge is -2.11. The van der Waals surface area contributed by atoms with Crippen molar-refractivity contribution in [2.75, 3.05) is 16.8 Å². The van der Waals surface area contributed by atoms with Crippen LogP contribution >= 0.6 is 43.6 Å². The summed E-state index contributed by atoms with van der Waals surface area (Å²) in [4.78, 5) is 13.0. The number of rotatable bonds is 4. The predicted molar refractivity (Wildman–Crippen MR) is 92.1 cm³/mol. The van der Waals surface area contributed by atoms with Crippen molar-refractivity contribution in [3.63, 3.8) is 0 Å². The lowest BCUT2D eigenvalue weighted by molar-refractivity contribution is -0.113. The standard InChI is InChI=1S/C14H12Br2N2OS/c15-9-6-11(16)14(12(17)7-9)18-13(19)8-20-10-4-2-1-3-5-10/h1-7H,8,17H2,(H,18,19). The fourth-order valence-corrected chi connectivity index (χ4v) is 3.64. The van der Waals surface area contributed by atoms with Gasteiger partial charge in [0.2, 0.25) is 5.91 Å². The lowest BCUT2D eigenvalue weighted by Crippen LogP contribution is -2.15. The second kappa shape index (κ2) is 7.15. The minimum absolute atomic E-state index is 0.0893. The van der Waals surface area contributed by atoms with Gasteiger partial charge in [-0.05, 0) is 40.2 Å². The van der Waals surface area contributed by atoms with Gasteiger partial charge in [0.1, 0.15) is 0 Å². The minimum Gasteiger partial charge on any atom is -0.397 e. The van der Waals surface area contributed by atoms with Gasteiger partial charge in [0, 0.05) is 13.8 Å². The monoisotopic (exact) mass is 414 g/mol.